The summed E-state index contributed by atoms with van der Waals surface area (Å²) in [6, 6.07) is 8.54. The van der Waals surface area contributed by atoms with Crippen LogP contribution in [0.15, 0.2) is 30.3 Å². The molecule has 0 atom stereocenters. The van der Waals surface area contributed by atoms with Crippen molar-refractivity contribution in [1.82, 2.24) is 15.0 Å². The first-order valence-electron chi connectivity index (χ1n) is 8.63. The quantitative estimate of drug-likeness (QED) is 0.751. The number of benzene rings is 2. The molecule has 136 valence electrons. The summed E-state index contributed by atoms with van der Waals surface area (Å²) in [5, 5.41) is 17.2. The number of phenols is 1. The first-order chi connectivity index (χ1) is 12.4. The van der Waals surface area contributed by atoms with Gasteiger partial charge in [0.15, 0.2) is 17.4 Å². The SMILES string of the molecule is CC1(C)CCN(c2ccc(-n3nnc4cc(F)c(O)c(F)c43)cc2)CC1. The molecule has 0 saturated carbocycles. The fraction of sp³-hybridized carbons (Fsp3) is 0.368. The monoisotopic (exact) mass is 358 g/mol. The molecule has 0 bridgehead atoms. The van der Waals surface area contributed by atoms with Crippen molar-refractivity contribution < 1.29 is 13.9 Å². The minimum absolute atomic E-state index is 0.0450. The van der Waals surface area contributed by atoms with Gasteiger partial charge in [0.1, 0.15) is 11.0 Å². The van der Waals surface area contributed by atoms with Gasteiger partial charge in [0.05, 0.1) is 5.69 Å². The Hall–Kier alpha value is -2.70. The molecule has 1 fully saturated rings. The Bertz CT molecular complexity index is 956. The summed E-state index contributed by atoms with van der Waals surface area (Å²) in [6.07, 6.45) is 2.27. The second-order valence-corrected chi connectivity index (χ2v) is 7.56. The Labute approximate surface area is 149 Å². The highest BCUT2D eigenvalue weighted by Crippen LogP contribution is 2.33. The number of anilines is 1. The summed E-state index contributed by atoms with van der Waals surface area (Å²) in [7, 11) is 0. The van der Waals surface area contributed by atoms with Crippen LogP contribution in [0, 0.1) is 17.0 Å². The van der Waals surface area contributed by atoms with Crippen molar-refractivity contribution >= 4 is 16.7 Å². The molecule has 4 rings (SSSR count). The van der Waals surface area contributed by atoms with E-state index in [1.165, 1.54) is 4.68 Å². The highest BCUT2D eigenvalue weighted by atomic mass is 19.1. The number of fused-ring (bicyclic) bond motifs is 1. The summed E-state index contributed by atoms with van der Waals surface area (Å²) in [5.74, 6) is -3.13. The molecule has 3 aromatic rings. The van der Waals surface area contributed by atoms with Crippen molar-refractivity contribution in [2.45, 2.75) is 26.7 Å². The molecular formula is C19H20F2N4O. The Kier molecular flexibility index (Phi) is 3.82. The number of nitrogens with zero attached hydrogens (tertiary/aromatic N) is 4. The van der Waals surface area contributed by atoms with Crippen LogP contribution in [0.25, 0.3) is 16.7 Å². The van der Waals surface area contributed by atoms with E-state index < -0.39 is 17.4 Å². The zero-order valence-electron chi connectivity index (χ0n) is 14.7. The van der Waals surface area contributed by atoms with Crippen LogP contribution < -0.4 is 4.90 Å². The average Bonchev–Trinajstić information content (AvgIpc) is 3.04. The maximum atomic E-state index is 14.3. The average molecular weight is 358 g/mol. The molecular weight excluding hydrogens is 338 g/mol. The molecule has 2 heterocycles. The summed E-state index contributed by atoms with van der Waals surface area (Å²) < 4.78 is 29.0. The molecule has 0 spiro atoms. The third-order valence-electron chi connectivity index (χ3n) is 5.18. The van der Waals surface area contributed by atoms with Crippen LogP contribution in [0.2, 0.25) is 0 Å². The van der Waals surface area contributed by atoms with E-state index in [1.807, 2.05) is 24.3 Å². The lowest BCUT2D eigenvalue weighted by Gasteiger charge is -2.38. The standard InChI is InChI=1S/C19H20F2N4O/c1-19(2)7-9-24(10-8-19)12-3-5-13(6-4-12)25-17-15(22-23-25)11-14(20)18(26)16(17)21/h3-6,11,26H,7-10H2,1-2H3. The number of aromatic hydroxyl groups is 1. The van der Waals surface area contributed by atoms with Crippen LogP contribution >= 0.6 is 0 Å². The maximum Gasteiger partial charge on any atom is 0.195 e. The van der Waals surface area contributed by atoms with Gasteiger partial charge in [-0.05, 0) is 42.5 Å². The van der Waals surface area contributed by atoms with Crippen molar-refractivity contribution in [1.29, 1.82) is 0 Å². The van der Waals surface area contributed by atoms with Crippen LogP contribution in [0.1, 0.15) is 26.7 Å². The number of phenolic OH excluding ortho intramolecular Hbond substituents is 1. The summed E-state index contributed by atoms with van der Waals surface area (Å²) in [5.41, 5.74) is 2.09. The molecule has 1 aliphatic heterocycles. The summed E-state index contributed by atoms with van der Waals surface area (Å²) >= 11 is 0. The molecule has 1 aromatic heterocycles. The fourth-order valence-electron chi connectivity index (χ4n) is 3.36. The van der Waals surface area contributed by atoms with E-state index in [9.17, 15) is 13.9 Å². The lowest BCUT2D eigenvalue weighted by molar-refractivity contribution is 0.280. The highest BCUT2D eigenvalue weighted by molar-refractivity contribution is 5.79. The molecule has 0 unspecified atom stereocenters. The molecule has 26 heavy (non-hydrogen) atoms. The summed E-state index contributed by atoms with van der Waals surface area (Å²) in [6.45, 7) is 6.58. The number of rotatable bonds is 2. The van der Waals surface area contributed by atoms with Gasteiger partial charge in [-0.25, -0.2) is 13.5 Å². The van der Waals surface area contributed by atoms with Crippen LogP contribution in [0.5, 0.6) is 5.75 Å². The van der Waals surface area contributed by atoms with Crippen molar-refractivity contribution in [2.75, 3.05) is 18.0 Å². The van der Waals surface area contributed by atoms with Crippen molar-refractivity contribution in [3.8, 4) is 11.4 Å². The lowest BCUT2D eigenvalue weighted by Crippen LogP contribution is -2.37. The van der Waals surface area contributed by atoms with E-state index in [0.29, 0.717) is 11.1 Å². The largest absolute Gasteiger partial charge is 0.503 e. The molecule has 0 aliphatic carbocycles. The fourth-order valence-corrected chi connectivity index (χ4v) is 3.36. The van der Waals surface area contributed by atoms with Gasteiger partial charge in [0.2, 0.25) is 0 Å². The minimum atomic E-state index is -1.06. The van der Waals surface area contributed by atoms with Crippen molar-refractivity contribution in [3.05, 3.63) is 42.0 Å². The predicted molar refractivity (Wildman–Crippen MR) is 95.7 cm³/mol. The Morgan fingerprint density at radius 3 is 2.31 bits per heavy atom. The van der Waals surface area contributed by atoms with Crippen LogP contribution in [0.4, 0.5) is 14.5 Å². The number of piperidine rings is 1. The van der Waals surface area contributed by atoms with Crippen LogP contribution in [-0.2, 0) is 0 Å². The van der Waals surface area contributed by atoms with Gasteiger partial charge in [0, 0.05) is 24.8 Å². The number of aromatic nitrogens is 3. The minimum Gasteiger partial charge on any atom is -0.503 e. The number of hydrogen-bond acceptors (Lipinski definition) is 4. The Morgan fingerprint density at radius 1 is 1.04 bits per heavy atom. The van der Waals surface area contributed by atoms with E-state index in [2.05, 4.69) is 29.1 Å². The van der Waals surface area contributed by atoms with Gasteiger partial charge in [-0.3, -0.25) is 0 Å². The topological polar surface area (TPSA) is 54.2 Å². The zero-order valence-corrected chi connectivity index (χ0v) is 14.7. The lowest BCUT2D eigenvalue weighted by atomic mass is 9.82. The van der Waals surface area contributed by atoms with E-state index in [-0.39, 0.29) is 11.0 Å². The van der Waals surface area contributed by atoms with Gasteiger partial charge in [-0.1, -0.05) is 19.1 Å². The smallest absolute Gasteiger partial charge is 0.195 e. The van der Waals surface area contributed by atoms with Gasteiger partial charge in [-0.15, -0.1) is 5.10 Å². The van der Waals surface area contributed by atoms with Gasteiger partial charge in [0.25, 0.3) is 0 Å². The predicted octanol–water partition coefficient (Wildman–Crippen LogP) is 4.03. The molecule has 7 heteroatoms. The van der Waals surface area contributed by atoms with Gasteiger partial charge in [-0.2, -0.15) is 0 Å². The molecule has 2 aromatic carbocycles. The Morgan fingerprint density at radius 2 is 1.65 bits per heavy atom. The van der Waals surface area contributed by atoms with Gasteiger partial charge >= 0.3 is 0 Å². The zero-order chi connectivity index (χ0) is 18.5. The first-order valence-corrected chi connectivity index (χ1v) is 8.63. The second-order valence-electron chi connectivity index (χ2n) is 7.56. The molecule has 0 amide bonds. The van der Waals surface area contributed by atoms with Crippen LogP contribution in [0.3, 0.4) is 0 Å². The van der Waals surface area contributed by atoms with Crippen molar-refractivity contribution in [2.24, 2.45) is 5.41 Å². The van der Waals surface area contributed by atoms with E-state index in [0.717, 1.165) is 37.7 Å². The molecule has 1 N–H and O–H groups in total. The normalized spacial score (nSPS) is 17.0. The van der Waals surface area contributed by atoms with E-state index >= 15 is 0 Å². The molecule has 1 aliphatic rings. The van der Waals surface area contributed by atoms with E-state index in [1.54, 1.807) is 0 Å². The van der Waals surface area contributed by atoms with Gasteiger partial charge < -0.3 is 10.0 Å². The number of halogens is 2. The Balaban J connectivity index is 1.66. The third kappa shape index (κ3) is 2.77. The summed E-state index contributed by atoms with van der Waals surface area (Å²) in [4.78, 5) is 2.33. The van der Waals surface area contributed by atoms with Crippen molar-refractivity contribution in [3.63, 3.8) is 0 Å². The molecule has 5 nitrogen and oxygen atoms in total. The maximum absolute atomic E-state index is 14.3. The first kappa shape index (κ1) is 16.8. The second kappa shape index (κ2) is 5.93. The highest BCUT2D eigenvalue weighted by Gasteiger charge is 2.25. The van der Waals surface area contributed by atoms with E-state index in [4.69, 9.17) is 0 Å². The third-order valence-corrected chi connectivity index (χ3v) is 5.18. The van der Waals surface area contributed by atoms with Crippen LogP contribution in [-0.4, -0.2) is 33.2 Å². The molecule has 0 radical (unpaired) electrons. The number of hydrogen-bond donors (Lipinski definition) is 1. The molecule has 1 saturated heterocycles.